The molecule has 2 N–H and O–H groups in total. The maximum Gasteiger partial charge on any atom is 0.327 e. The van der Waals surface area contributed by atoms with Crippen molar-refractivity contribution in [2.75, 3.05) is 5.32 Å². The second kappa shape index (κ2) is 6.35. The molecule has 2 aromatic rings. The van der Waals surface area contributed by atoms with Crippen LogP contribution in [0.5, 0.6) is 0 Å². The van der Waals surface area contributed by atoms with Crippen molar-refractivity contribution in [1.29, 1.82) is 5.41 Å². The number of amides is 2. The summed E-state index contributed by atoms with van der Waals surface area (Å²) in [5, 5.41) is 10.5. The number of hydrogen-bond donors (Lipinski definition) is 2. The molecule has 1 aliphatic rings. The standard InChI is InChI=1S/C17H14F3N3O/c18-11-1-3-14(4-2-11)22-17(24)23-15(5-6-16(23)21)10-7-12(19)9-13(20)8-10/h1-4,7-9,15,21H,5-6H2,(H,22,24). The fourth-order valence-electron chi connectivity index (χ4n) is 2.78. The monoisotopic (exact) mass is 333 g/mol. The molecule has 4 nitrogen and oxygen atoms in total. The maximum atomic E-state index is 13.4. The van der Waals surface area contributed by atoms with Gasteiger partial charge in [0.15, 0.2) is 0 Å². The molecule has 0 aromatic heterocycles. The van der Waals surface area contributed by atoms with Crippen LogP contribution in [-0.4, -0.2) is 16.8 Å². The van der Waals surface area contributed by atoms with Gasteiger partial charge in [-0.3, -0.25) is 10.3 Å². The minimum Gasteiger partial charge on any atom is -0.307 e. The molecule has 1 unspecified atom stereocenters. The number of benzene rings is 2. The van der Waals surface area contributed by atoms with Gasteiger partial charge in [-0.1, -0.05) is 0 Å². The number of halogens is 3. The van der Waals surface area contributed by atoms with Gasteiger partial charge in [-0.05, 0) is 48.4 Å². The van der Waals surface area contributed by atoms with E-state index < -0.39 is 29.5 Å². The van der Waals surface area contributed by atoms with Crippen molar-refractivity contribution in [3.05, 3.63) is 65.5 Å². The molecular formula is C17H14F3N3O. The zero-order valence-corrected chi connectivity index (χ0v) is 12.5. The molecule has 1 saturated heterocycles. The number of likely N-dealkylation sites (tertiary alicyclic amines) is 1. The third-order valence-electron chi connectivity index (χ3n) is 3.84. The van der Waals surface area contributed by atoms with Gasteiger partial charge in [0.05, 0.1) is 6.04 Å². The Balaban J connectivity index is 1.84. The van der Waals surface area contributed by atoms with E-state index in [0.717, 1.165) is 23.1 Å². The number of rotatable bonds is 2. The molecule has 0 aliphatic carbocycles. The lowest BCUT2D eigenvalue weighted by molar-refractivity contribution is 0.225. The average molecular weight is 333 g/mol. The number of nitrogens with one attached hydrogen (secondary N) is 2. The molecule has 0 spiro atoms. The van der Waals surface area contributed by atoms with E-state index in [1.54, 1.807) is 0 Å². The smallest absolute Gasteiger partial charge is 0.307 e. The summed E-state index contributed by atoms with van der Waals surface area (Å²) in [5.74, 6) is -1.84. The number of nitrogens with zero attached hydrogens (tertiary/aromatic N) is 1. The molecule has 0 bridgehead atoms. The summed E-state index contributed by atoms with van der Waals surface area (Å²) in [5.41, 5.74) is 0.661. The second-order valence-corrected chi connectivity index (χ2v) is 5.51. The van der Waals surface area contributed by atoms with E-state index in [-0.39, 0.29) is 5.84 Å². The highest BCUT2D eigenvalue weighted by Crippen LogP contribution is 2.34. The number of carbonyl (C=O) groups excluding carboxylic acids is 1. The van der Waals surface area contributed by atoms with E-state index in [1.807, 2.05) is 0 Å². The lowest BCUT2D eigenvalue weighted by Gasteiger charge is -2.25. The fraction of sp³-hybridized carbons (Fsp3) is 0.176. The van der Waals surface area contributed by atoms with Crippen LogP contribution in [0, 0.1) is 22.9 Å². The quantitative estimate of drug-likeness (QED) is 0.838. The average Bonchev–Trinajstić information content (AvgIpc) is 2.90. The first-order valence-electron chi connectivity index (χ1n) is 7.33. The Kier molecular flexibility index (Phi) is 4.24. The van der Waals surface area contributed by atoms with Crippen molar-refractivity contribution in [1.82, 2.24) is 4.90 Å². The topological polar surface area (TPSA) is 56.2 Å². The number of anilines is 1. The van der Waals surface area contributed by atoms with Crippen LogP contribution < -0.4 is 5.32 Å². The van der Waals surface area contributed by atoms with Crippen molar-refractivity contribution in [3.8, 4) is 0 Å². The van der Waals surface area contributed by atoms with Gasteiger partial charge in [0.1, 0.15) is 23.3 Å². The molecule has 2 aromatic carbocycles. The first-order valence-corrected chi connectivity index (χ1v) is 7.33. The molecule has 1 aliphatic heterocycles. The summed E-state index contributed by atoms with van der Waals surface area (Å²) in [6.45, 7) is 0. The third-order valence-corrected chi connectivity index (χ3v) is 3.84. The molecule has 1 atom stereocenters. The minimum atomic E-state index is -0.734. The van der Waals surface area contributed by atoms with E-state index in [0.29, 0.717) is 24.1 Å². The van der Waals surface area contributed by atoms with Gasteiger partial charge in [-0.25, -0.2) is 18.0 Å². The number of carbonyl (C=O) groups is 1. The first-order chi connectivity index (χ1) is 11.4. The van der Waals surface area contributed by atoms with Crippen molar-refractivity contribution >= 4 is 17.6 Å². The van der Waals surface area contributed by atoms with Gasteiger partial charge in [0.25, 0.3) is 0 Å². The normalized spacial score (nSPS) is 17.2. The lowest BCUT2D eigenvalue weighted by Crippen LogP contribution is -2.37. The first kappa shape index (κ1) is 16.0. The van der Waals surface area contributed by atoms with Crippen LogP contribution in [0.2, 0.25) is 0 Å². The Bertz CT molecular complexity index is 772. The van der Waals surface area contributed by atoms with Crippen molar-refractivity contribution in [3.63, 3.8) is 0 Å². The van der Waals surface area contributed by atoms with Crippen LogP contribution in [0.25, 0.3) is 0 Å². The largest absolute Gasteiger partial charge is 0.327 e. The maximum absolute atomic E-state index is 13.4. The summed E-state index contributed by atoms with van der Waals surface area (Å²) < 4.78 is 39.8. The highest BCUT2D eigenvalue weighted by Gasteiger charge is 2.35. The van der Waals surface area contributed by atoms with Crippen molar-refractivity contribution in [2.45, 2.75) is 18.9 Å². The van der Waals surface area contributed by atoms with Crippen LogP contribution in [0.4, 0.5) is 23.7 Å². The summed E-state index contributed by atoms with van der Waals surface area (Å²) >= 11 is 0. The molecule has 1 fully saturated rings. The van der Waals surface area contributed by atoms with Gasteiger partial charge >= 0.3 is 6.03 Å². The Labute approximate surface area is 136 Å². The fourth-order valence-corrected chi connectivity index (χ4v) is 2.78. The Morgan fingerprint density at radius 2 is 1.67 bits per heavy atom. The summed E-state index contributed by atoms with van der Waals surface area (Å²) in [6, 6.07) is 7.03. The van der Waals surface area contributed by atoms with Gasteiger partial charge in [-0.2, -0.15) is 0 Å². The van der Waals surface area contributed by atoms with Crippen molar-refractivity contribution in [2.24, 2.45) is 0 Å². The van der Waals surface area contributed by atoms with Crippen molar-refractivity contribution < 1.29 is 18.0 Å². The van der Waals surface area contributed by atoms with E-state index >= 15 is 0 Å². The molecule has 0 saturated carbocycles. The lowest BCUT2D eigenvalue weighted by atomic mass is 10.0. The van der Waals surface area contributed by atoms with Crippen LogP contribution in [-0.2, 0) is 0 Å². The highest BCUT2D eigenvalue weighted by molar-refractivity contribution is 6.03. The molecular weight excluding hydrogens is 319 g/mol. The Morgan fingerprint density at radius 1 is 1.04 bits per heavy atom. The molecule has 124 valence electrons. The van der Waals surface area contributed by atoms with Crippen LogP contribution in [0.1, 0.15) is 24.4 Å². The molecule has 1 heterocycles. The third kappa shape index (κ3) is 3.24. The molecule has 0 radical (unpaired) electrons. The van der Waals surface area contributed by atoms with Crippen LogP contribution >= 0.6 is 0 Å². The molecule has 7 heteroatoms. The Morgan fingerprint density at radius 3 is 2.29 bits per heavy atom. The van der Waals surface area contributed by atoms with Gasteiger partial charge in [0, 0.05) is 18.2 Å². The predicted octanol–water partition coefficient (Wildman–Crippen LogP) is 4.45. The molecule has 24 heavy (non-hydrogen) atoms. The molecule has 3 rings (SSSR count). The van der Waals surface area contributed by atoms with Gasteiger partial charge in [0.2, 0.25) is 0 Å². The number of urea groups is 1. The van der Waals surface area contributed by atoms with E-state index in [2.05, 4.69) is 5.32 Å². The van der Waals surface area contributed by atoms with Gasteiger partial charge in [-0.15, -0.1) is 0 Å². The van der Waals surface area contributed by atoms with Crippen LogP contribution in [0.15, 0.2) is 42.5 Å². The summed E-state index contributed by atoms with van der Waals surface area (Å²) in [4.78, 5) is 13.6. The highest BCUT2D eigenvalue weighted by atomic mass is 19.1. The van der Waals surface area contributed by atoms with E-state index in [4.69, 9.17) is 5.41 Å². The van der Waals surface area contributed by atoms with Gasteiger partial charge < -0.3 is 5.32 Å². The molecule has 2 amide bonds. The van der Waals surface area contributed by atoms with E-state index in [9.17, 15) is 18.0 Å². The van der Waals surface area contributed by atoms with E-state index in [1.165, 1.54) is 24.3 Å². The SMILES string of the molecule is N=C1CCC(c2cc(F)cc(F)c2)N1C(=O)Nc1ccc(F)cc1. The Hall–Kier alpha value is -2.83. The number of amidine groups is 1. The summed E-state index contributed by atoms with van der Waals surface area (Å²) in [7, 11) is 0. The predicted molar refractivity (Wildman–Crippen MR) is 83.3 cm³/mol. The summed E-state index contributed by atoms with van der Waals surface area (Å²) in [6.07, 6.45) is 0.720. The minimum absolute atomic E-state index is 0.0595. The van der Waals surface area contributed by atoms with Crippen LogP contribution in [0.3, 0.4) is 0 Å². The zero-order chi connectivity index (χ0) is 17.3. The second-order valence-electron chi connectivity index (χ2n) is 5.51. The zero-order valence-electron chi connectivity index (χ0n) is 12.5. The number of hydrogen-bond acceptors (Lipinski definition) is 2.